The average molecular weight is 417 g/mol. The molecule has 0 saturated heterocycles. The van der Waals surface area contributed by atoms with Gasteiger partial charge in [0.2, 0.25) is 6.79 Å². The minimum atomic E-state index is -0.456. The SMILES string of the molecule is Cc1cc(-n2nnc(C(=O)Nc3ccc4c(c3)OCO4)c2-c2cccnc2)ccc1F. The van der Waals surface area contributed by atoms with Crippen molar-refractivity contribution in [1.82, 2.24) is 20.0 Å². The van der Waals surface area contributed by atoms with Crippen LogP contribution in [0.2, 0.25) is 0 Å². The maximum atomic E-state index is 13.8. The normalized spacial score (nSPS) is 12.1. The molecule has 9 heteroatoms. The van der Waals surface area contributed by atoms with Gasteiger partial charge in [-0.15, -0.1) is 5.10 Å². The van der Waals surface area contributed by atoms with Crippen LogP contribution >= 0.6 is 0 Å². The van der Waals surface area contributed by atoms with E-state index >= 15 is 0 Å². The summed E-state index contributed by atoms with van der Waals surface area (Å²) in [6.45, 7) is 1.80. The first-order valence-corrected chi connectivity index (χ1v) is 9.44. The molecule has 0 fully saturated rings. The number of nitrogens with one attached hydrogen (secondary N) is 1. The van der Waals surface area contributed by atoms with Crippen LogP contribution in [0.25, 0.3) is 16.9 Å². The van der Waals surface area contributed by atoms with Gasteiger partial charge in [0.05, 0.1) is 5.69 Å². The fraction of sp³-hybridized carbons (Fsp3) is 0.0909. The number of halogens is 1. The van der Waals surface area contributed by atoms with Gasteiger partial charge in [0.1, 0.15) is 11.5 Å². The second-order valence-electron chi connectivity index (χ2n) is 6.90. The molecule has 0 aliphatic carbocycles. The minimum absolute atomic E-state index is 0.104. The van der Waals surface area contributed by atoms with Crippen LogP contribution in [-0.2, 0) is 0 Å². The highest BCUT2D eigenvalue weighted by Crippen LogP contribution is 2.34. The number of hydrogen-bond acceptors (Lipinski definition) is 6. The summed E-state index contributed by atoms with van der Waals surface area (Å²) >= 11 is 0. The Bertz CT molecular complexity index is 1290. The van der Waals surface area contributed by atoms with Crippen molar-refractivity contribution in [2.24, 2.45) is 0 Å². The Morgan fingerprint density at radius 3 is 2.81 bits per heavy atom. The van der Waals surface area contributed by atoms with E-state index in [2.05, 4.69) is 20.6 Å². The van der Waals surface area contributed by atoms with Crippen LogP contribution in [0, 0.1) is 12.7 Å². The van der Waals surface area contributed by atoms with Crippen LogP contribution in [-0.4, -0.2) is 32.7 Å². The maximum absolute atomic E-state index is 13.8. The Kier molecular flexibility index (Phi) is 4.55. The van der Waals surface area contributed by atoms with E-state index in [1.165, 1.54) is 10.7 Å². The molecule has 1 aliphatic rings. The van der Waals surface area contributed by atoms with Gasteiger partial charge in [-0.1, -0.05) is 5.21 Å². The van der Waals surface area contributed by atoms with Gasteiger partial charge in [-0.05, 0) is 55.0 Å². The Balaban J connectivity index is 1.56. The third kappa shape index (κ3) is 3.46. The number of anilines is 1. The molecule has 3 heterocycles. The predicted molar refractivity (Wildman–Crippen MR) is 110 cm³/mol. The standard InChI is InChI=1S/C22H16FN5O3/c1-13-9-16(5-6-17(13)23)28-21(14-3-2-8-24-11-14)20(26-27-28)22(29)25-15-4-7-18-19(10-15)31-12-30-18/h2-11H,12H2,1H3,(H,25,29). The number of pyridine rings is 1. The molecule has 0 bridgehead atoms. The number of hydrogen-bond donors (Lipinski definition) is 1. The second-order valence-corrected chi connectivity index (χ2v) is 6.90. The van der Waals surface area contributed by atoms with Gasteiger partial charge in [-0.2, -0.15) is 0 Å². The molecule has 31 heavy (non-hydrogen) atoms. The summed E-state index contributed by atoms with van der Waals surface area (Å²) in [5.41, 5.74) is 2.75. The van der Waals surface area contributed by atoms with Crippen LogP contribution in [0.1, 0.15) is 16.1 Å². The second kappa shape index (κ2) is 7.52. The summed E-state index contributed by atoms with van der Waals surface area (Å²) in [7, 11) is 0. The van der Waals surface area contributed by atoms with Gasteiger partial charge in [-0.3, -0.25) is 9.78 Å². The molecule has 0 saturated carbocycles. The van der Waals surface area contributed by atoms with E-state index in [9.17, 15) is 9.18 Å². The molecule has 0 radical (unpaired) electrons. The fourth-order valence-electron chi connectivity index (χ4n) is 3.30. The van der Waals surface area contributed by atoms with E-state index in [0.29, 0.717) is 39.7 Å². The van der Waals surface area contributed by atoms with E-state index in [4.69, 9.17) is 9.47 Å². The van der Waals surface area contributed by atoms with E-state index in [0.717, 1.165) is 0 Å². The largest absolute Gasteiger partial charge is 0.454 e. The molecule has 5 rings (SSSR count). The lowest BCUT2D eigenvalue weighted by Gasteiger charge is -2.10. The van der Waals surface area contributed by atoms with Crippen molar-refractivity contribution >= 4 is 11.6 Å². The van der Waals surface area contributed by atoms with Gasteiger partial charge in [0, 0.05) is 29.7 Å². The van der Waals surface area contributed by atoms with Crippen molar-refractivity contribution in [3.63, 3.8) is 0 Å². The Labute approximate surface area is 176 Å². The topological polar surface area (TPSA) is 91.2 Å². The molecule has 1 N–H and O–H groups in total. The molecular weight excluding hydrogens is 401 g/mol. The molecule has 2 aromatic heterocycles. The van der Waals surface area contributed by atoms with Gasteiger partial charge < -0.3 is 14.8 Å². The van der Waals surface area contributed by atoms with E-state index in [1.807, 2.05) is 0 Å². The van der Waals surface area contributed by atoms with Crippen LogP contribution in [0.3, 0.4) is 0 Å². The zero-order valence-corrected chi connectivity index (χ0v) is 16.4. The van der Waals surface area contributed by atoms with E-state index < -0.39 is 5.91 Å². The molecule has 1 aliphatic heterocycles. The third-order valence-corrected chi connectivity index (χ3v) is 4.84. The number of amides is 1. The van der Waals surface area contributed by atoms with E-state index in [1.54, 1.807) is 61.8 Å². The number of carbonyl (C=O) groups is 1. The minimum Gasteiger partial charge on any atom is -0.454 e. The number of nitrogens with zero attached hydrogens (tertiary/aromatic N) is 4. The lowest BCUT2D eigenvalue weighted by molar-refractivity contribution is 0.102. The van der Waals surface area contributed by atoms with Gasteiger partial charge >= 0.3 is 0 Å². The van der Waals surface area contributed by atoms with Crippen LogP contribution < -0.4 is 14.8 Å². The van der Waals surface area contributed by atoms with Crippen molar-refractivity contribution in [2.75, 3.05) is 12.1 Å². The van der Waals surface area contributed by atoms with Crippen LogP contribution in [0.4, 0.5) is 10.1 Å². The van der Waals surface area contributed by atoms with Gasteiger partial charge in [-0.25, -0.2) is 9.07 Å². The summed E-state index contributed by atoms with van der Waals surface area (Å²) in [6, 6.07) is 13.2. The van der Waals surface area contributed by atoms with E-state index in [-0.39, 0.29) is 18.3 Å². The van der Waals surface area contributed by atoms with Crippen molar-refractivity contribution < 1.29 is 18.7 Å². The van der Waals surface area contributed by atoms with Crippen molar-refractivity contribution in [1.29, 1.82) is 0 Å². The first-order chi connectivity index (χ1) is 15.1. The van der Waals surface area contributed by atoms with Gasteiger partial charge in [0.25, 0.3) is 5.91 Å². The molecule has 154 valence electrons. The first-order valence-electron chi connectivity index (χ1n) is 9.44. The third-order valence-electron chi connectivity index (χ3n) is 4.84. The zero-order chi connectivity index (χ0) is 21.4. The smallest absolute Gasteiger partial charge is 0.278 e. The molecular formula is C22H16FN5O3. The number of rotatable bonds is 4. The quantitative estimate of drug-likeness (QED) is 0.544. The first kappa shape index (κ1) is 18.7. The highest BCUT2D eigenvalue weighted by atomic mass is 19.1. The summed E-state index contributed by atoms with van der Waals surface area (Å²) < 4.78 is 25.9. The number of benzene rings is 2. The number of carbonyl (C=O) groups excluding carboxylic acids is 1. The Hall–Kier alpha value is -4.27. The average Bonchev–Trinajstić information content (AvgIpc) is 3.43. The van der Waals surface area contributed by atoms with Gasteiger partial charge in [0.15, 0.2) is 17.2 Å². The highest BCUT2D eigenvalue weighted by Gasteiger charge is 2.23. The molecule has 1 amide bonds. The number of aryl methyl sites for hydroxylation is 1. The molecule has 0 spiro atoms. The van der Waals surface area contributed by atoms with Crippen LogP contribution in [0.15, 0.2) is 60.9 Å². The molecule has 8 nitrogen and oxygen atoms in total. The maximum Gasteiger partial charge on any atom is 0.278 e. The number of fused-ring (bicyclic) bond motifs is 1. The zero-order valence-electron chi connectivity index (χ0n) is 16.4. The van der Waals surface area contributed by atoms with Crippen molar-refractivity contribution in [2.45, 2.75) is 6.92 Å². The fourth-order valence-corrected chi connectivity index (χ4v) is 3.30. The predicted octanol–water partition coefficient (Wildman–Crippen LogP) is 3.76. The molecule has 2 aromatic carbocycles. The summed E-state index contributed by atoms with van der Waals surface area (Å²) in [5.74, 6) is 0.387. The molecule has 0 unspecified atom stereocenters. The lowest BCUT2D eigenvalue weighted by Crippen LogP contribution is -2.14. The monoisotopic (exact) mass is 417 g/mol. The Morgan fingerprint density at radius 2 is 2.00 bits per heavy atom. The molecule has 4 aromatic rings. The summed E-state index contributed by atoms with van der Waals surface area (Å²) in [5, 5.41) is 11.1. The number of aromatic nitrogens is 4. The van der Waals surface area contributed by atoms with Crippen molar-refractivity contribution in [3.05, 3.63) is 78.0 Å². The highest BCUT2D eigenvalue weighted by molar-refractivity contribution is 6.06. The lowest BCUT2D eigenvalue weighted by atomic mass is 10.1. The van der Waals surface area contributed by atoms with Crippen molar-refractivity contribution in [3.8, 4) is 28.4 Å². The Morgan fingerprint density at radius 1 is 1.13 bits per heavy atom. The number of ether oxygens (including phenoxy) is 2. The van der Waals surface area contributed by atoms with Crippen LogP contribution in [0.5, 0.6) is 11.5 Å². The molecule has 0 atom stereocenters. The summed E-state index contributed by atoms with van der Waals surface area (Å²) in [4.78, 5) is 17.2. The summed E-state index contributed by atoms with van der Waals surface area (Å²) in [6.07, 6.45) is 3.25.